The summed E-state index contributed by atoms with van der Waals surface area (Å²) < 4.78 is 5.55. The van der Waals surface area contributed by atoms with Gasteiger partial charge in [-0.1, -0.05) is 6.42 Å². The minimum absolute atomic E-state index is 0.0287. The molecule has 0 bridgehead atoms. The predicted molar refractivity (Wildman–Crippen MR) is 60.2 cm³/mol. The number of carbonyl (C=O) groups is 2. The molecule has 3 atom stereocenters. The van der Waals surface area contributed by atoms with Crippen molar-refractivity contribution in [1.82, 2.24) is 10.2 Å². The summed E-state index contributed by atoms with van der Waals surface area (Å²) in [6, 6.07) is 0. The fraction of sp³-hybridized carbons (Fsp3) is 0.833. The molecule has 0 aromatic rings. The minimum Gasteiger partial charge on any atom is -0.374 e. The van der Waals surface area contributed by atoms with Crippen LogP contribution in [0.1, 0.15) is 19.3 Å². The Morgan fingerprint density at radius 1 is 1.24 bits per heavy atom. The topological polar surface area (TPSA) is 58.6 Å². The van der Waals surface area contributed by atoms with Crippen molar-refractivity contribution in [2.24, 2.45) is 11.8 Å². The van der Waals surface area contributed by atoms with Gasteiger partial charge in [-0.25, -0.2) is 0 Å². The van der Waals surface area contributed by atoms with Crippen LogP contribution in [0.2, 0.25) is 0 Å². The SMILES string of the molecule is O=C1C2CCCC2C(=O)N1CC1CNCCO1. The second-order valence-corrected chi connectivity index (χ2v) is 5.13. The van der Waals surface area contributed by atoms with Gasteiger partial charge in [0.2, 0.25) is 11.8 Å². The van der Waals surface area contributed by atoms with Crippen LogP contribution in [0, 0.1) is 11.8 Å². The zero-order valence-electron chi connectivity index (χ0n) is 9.85. The van der Waals surface area contributed by atoms with Gasteiger partial charge in [-0.3, -0.25) is 14.5 Å². The van der Waals surface area contributed by atoms with Crippen molar-refractivity contribution in [2.75, 3.05) is 26.2 Å². The lowest BCUT2D eigenvalue weighted by molar-refractivity contribution is -0.143. The van der Waals surface area contributed by atoms with Crippen LogP contribution >= 0.6 is 0 Å². The number of nitrogens with zero attached hydrogens (tertiary/aromatic N) is 1. The fourth-order valence-corrected chi connectivity index (χ4v) is 3.18. The number of hydrogen-bond acceptors (Lipinski definition) is 4. The molecule has 1 aliphatic carbocycles. The normalized spacial score (nSPS) is 37.6. The van der Waals surface area contributed by atoms with Gasteiger partial charge in [0.1, 0.15) is 0 Å². The summed E-state index contributed by atoms with van der Waals surface area (Å²) in [5.74, 6) is 0.0106. The number of likely N-dealkylation sites (tertiary alicyclic amines) is 1. The highest BCUT2D eigenvalue weighted by Gasteiger charge is 2.49. The van der Waals surface area contributed by atoms with Gasteiger partial charge in [0.15, 0.2) is 0 Å². The third kappa shape index (κ3) is 1.87. The van der Waals surface area contributed by atoms with Crippen LogP contribution in [-0.4, -0.2) is 49.1 Å². The van der Waals surface area contributed by atoms with Gasteiger partial charge in [0.05, 0.1) is 31.1 Å². The molecule has 17 heavy (non-hydrogen) atoms. The van der Waals surface area contributed by atoms with E-state index in [9.17, 15) is 9.59 Å². The number of imide groups is 1. The van der Waals surface area contributed by atoms with Gasteiger partial charge in [0, 0.05) is 13.1 Å². The monoisotopic (exact) mass is 238 g/mol. The van der Waals surface area contributed by atoms with E-state index < -0.39 is 0 Å². The Balaban J connectivity index is 1.67. The second kappa shape index (κ2) is 4.38. The van der Waals surface area contributed by atoms with Gasteiger partial charge in [-0.15, -0.1) is 0 Å². The molecule has 3 unspecified atom stereocenters. The summed E-state index contributed by atoms with van der Waals surface area (Å²) in [6.45, 7) is 2.67. The van der Waals surface area contributed by atoms with Crippen LogP contribution in [0.5, 0.6) is 0 Å². The van der Waals surface area contributed by atoms with Gasteiger partial charge in [-0.05, 0) is 12.8 Å². The highest BCUT2D eigenvalue weighted by Crippen LogP contribution is 2.39. The molecular formula is C12H18N2O3. The van der Waals surface area contributed by atoms with Crippen molar-refractivity contribution in [3.63, 3.8) is 0 Å². The Bertz CT molecular complexity index is 317. The van der Waals surface area contributed by atoms with E-state index in [0.29, 0.717) is 13.2 Å². The standard InChI is InChI=1S/C12H18N2O3/c15-11-9-2-1-3-10(9)12(16)14(11)7-8-6-13-4-5-17-8/h8-10,13H,1-7H2. The van der Waals surface area contributed by atoms with E-state index in [1.54, 1.807) is 0 Å². The summed E-state index contributed by atoms with van der Waals surface area (Å²) >= 11 is 0. The number of amides is 2. The number of rotatable bonds is 2. The van der Waals surface area contributed by atoms with Gasteiger partial charge in [0.25, 0.3) is 0 Å². The molecule has 1 N–H and O–H groups in total. The zero-order chi connectivity index (χ0) is 11.8. The van der Waals surface area contributed by atoms with E-state index in [2.05, 4.69) is 5.32 Å². The highest BCUT2D eigenvalue weighted by atomic mass is 16.5. The van der Waals surface area contributed by atoms with Crippen LogP contribution in [0.15, 0.2) is 0 Å². The van der Waals surface area contributed by atoms with E-state index in [1.807, 2.05) is 0 Å². The lowest BCUT2D eigenvalue weighted by atomic mass is 10.00. The summed E-state index contributed by atoms with van der Waals surface area (Å²) in [5.41, 5.74) is 0. The fourth-order valence-electron chi connectivity index (χ4n) is 3.18. The molecule has 2 heterocycles. The summed E-state index contributed by atoms with van der Waals surface area (Å²) in [4.78, 5) is 25.6. The molecule has 0 aromatic heterocycles. The lowest BCUT2D eigenvalue weighted by Crippen LogP contribution is -2.47. The Kier molecular flexibility index (Phi) is 2.88. The molecule has 94 valence electrons. The van der Waals surface area contributed by atoms with Crippen molar-refractivity contribution in [2.45, 2.75) is 25.4 Å². The van der Waals surface area contributed by atoms with Crippen molar-refractivity contribution in [3.05, 3.63) is 0 Å². The average Bonchev–Trinajstić information content (AvgIpc) is 2.91. The van der Waals surface area contributed by atoms with Crippen LogP contribution in [0.4, 0.5) is 0 Å². The van der Waals surface area contributed by atoms with Crippen molar-refractivity contribution in [3.8, 4) is 0 Å². The van der Waals surface area contributed by atoms with E-state index >= 15 is 0 Å². The zero-order valence-corrected chi connectivity index (χ0v) is 9.85. The Morgan fingerprint density at radius 3 is 2.53 bits per heavy atom. The van der Waals surface area contributed by atoms with Crippen LogP contribution in [0.25, 0.3) is 0 Å². The van der Waals surface area contributed by atoms with E-state index in [-0.39, 0.29) is 29.8 Å². The molecule has 3 aliphatic rings. The first kappa shape index (κ1) is 11.2. The summed E-state index contributed by atoms with van der Waals surface area (Å²) in [5, 5.41) is 3.21. The molecule has 3 fully saturated rings. The molecule has 5 nitrogen and oxygen atoms in total. The average molecular weight is 238 g/mol. The summed E-state index contributed by atoms with van der Waals surface area (Å²) in [7, 11) is 0. The maximum absolute atomic E-state index is 12.1. The largest absolute Gasteiger partial charge is 0.374 e. The molecule has 2 saturated heterocycles. The first-order valence-electron chi connectivity index (χ1n) is 6.45. The van der Waals surface area contributed by atoms with Crippen molar-refractivity contribution < 1.29 is 14.3 Å². The molecule has 5 heteroatoms. The molecule has 0 aromatic carbocycles. The Labute approximate surface area is 100 Å². The van der Waals surface area contributed by atoms with E-state index in [1.165, 1.54) is 4.90 Å². The summed E-state index contributed by atoms with van der Waals surface area (Å²) in [6.07, 6.45) is 2.75. The Hall–Kier alpha value is -0.940. The molecule has 1 saturated carbocycles. The lowest BCUT2D eigenvalue weighted by Gasteiger charge is -2.27. The maximum Gasteiger partial charge on any atom is 0.233 e. The van der Waals surface area contributed by atoms with E-state index in [0.717, 1.165) is 32.4 Å². The Morgan fingerprint density at radius 2 is 1.94 bits per heavy atom. The van der Waals surface area contributed by atoms with Crippen LogP contribution in [-0.2, 0) is 14.3 Å². The molecule has 0 radical (unpaired) electrons. The second-order valence-electron chi connectivity index (χ2n) is 5.13. The number of morpholine rings is 1. The highest BCUT2D eigenvalue weighted by molar-refractivity contribution is 6.05. The predicted octanol–water partition coefficient (Wildman–Crippen LogP) is -0.240. The number of hydrogen-bond donors (Lipinski definition) is 1. The van der Waals surface area contributed by atoms with E-state index in [4.69, 9.17) is 4.74 Å². The number of carbonyl (C=O) groups excluding carboxylic acids is 2. The van der Waals surface area contributed by atoms with Gasteiger partial charge < -0.3 is 10.1 Å². The smallest absolute Gasteiger partial charge is 0.233 e. The van der Waals surface area contributed by atoms with Crippen molar-refractivity contribution in [1.29, 1.82) is 0 Å². The minimum atomic E-state index is -0.0320. The number of fused-ring (bicyclic) bond motifs is 1. The first-order valence-corrected chi connectivity index (χ1v) is 6.45. The maximum atomic E-state index is 12.1. The number of nitrogens with one attached hydrogen (secondary N) is 1. The first-order chi connectivity index (χ1) is 8.27. The number of ether oxygens (including phenoxy) is 1. The molecule has 3 rings (SSSR count). The third-order valence-electron chi connectivity index (χ3n) is 4.07. The molecule has 2 aliphatic heterocycles. The third-order valence-corrected chi connectivity index (χ3v) is 4.07. The van der Waals surface area contributed by atoms with Gasteiger partial charge in [-0.2, -0.15) is 0 Å². The van der Waals surface area contributed by atoms with Gasteiger partial charge >= 0.3 is 0 Å². The quantitative estimate of drug-likeness (QED) is 0.675. The van der Waals surface area contributed by atoms with Crippen molar-refractivity contribution >= 4 is 11.8 Å². The molecule has 2 amide bonds. The van der Waals surface area contributed by atoms with Crippen LogP contribution in [0.3, 0.4) is 0 Å². The molecular weight excluding hydrogens is 220 g/mol. The molecule has 0 spiro atoms. The van der Waals surface area contributed by atoms with Crippen LogP contribution < -0.4 is 5.32 Å².